The summed E-state index contributed by atoms with van der Waals surface area (Å²) < 4.78 is 18.8. The van der Waals surface area contributed by atoms with Gasteiger partial charge in [0.1, 0.15) is 12.4 Å². The minimum Gasteiger partial charge on any atom is -0.507 e. The highest BCUT2D eigenvalue weighted by molar-refractivity contribution is 5.78. The fraction of sp³-hybridized carbons (Fsp3) is 0.781. The van der Waals surface area contributed by atoms with Crippen LogP contribution in [0, 0.1) is 5.41 Å². The zero-order chi connectivity index (χ0) is 29.1. The van der Waals surface area contributed by atoms with Crippen LogP contribution in [0.2, 0.25) is 0 Å². The van der Waals surface area contributed by atoms with Gasteiger partial charge in [-0.15, -0.1) is 0 Å². The first-order valence-corrected chi connectivity index (χ1v) is 14.1. The number of aromatic hydroxyl groups is 1. The third-order valence-corrected chi connectivity index (χ3v) is 8.75. The quantitative estimate of drug-likeness (QED) is 0.438. The molecule has 0 saturated carbocycles. The van der Waals surface area contributed by atoms with Gasteiger partial charge in [0.2, 0.25) is 0 Å². The summed E-state index contributed by atoms with van der Waals surface area (Å²) in [5.74, 6) is -1.05. The van der Waals surface area contributed by atoms with Gasteiger partial charge in [0.25, 0.3) is 0 Å². The Bertz CT molecular complexity index is 980. The van der Waals surface area contributed by atoms with Gasteiger partial charge < -0.3 is 19.3 Å². The van der Waals surface area contributed by atoms with Crippen LogP contribution in [0.15, 0.2) is 12.1 Å². The van der Waals surface area contributed by atoms with E-state index < -0.39 is 17.1 Å². The molecule has 1 aromatic carbocycles. The standard InChI is InChI=1S/C32H53NO5/c1-21(22-14-23(27(2,3)4)25(34)24(15-22)28(5,6)7)26(35)36-18-31(12)19-37-32(38-20-31)16-29(8,9)33(13)30(10,11)17-32/h14-15,21,34H,16-20H2,1-13H3. The lowest BCUT2D eigenvalue weighted by molar-refractivity contribution is -0.341. The monoisotopic (exact) mass is 531 g/mol. The average Bonchev–Trinajstić information content (AvgIpc) is 2.76. The van der Waals surface area contributed by atoms with Gasteiger partial charge in [-0.2, -0.15) is 0 Å². The van der Waals surface area contributed by atoms with Gasteiger partial charge in [0, 0.05) is 29.3 Å². The van der Waals surface area contributed by atoms with E-state index in [1.54, 1.807) is 0 Å². The number of rotatable bonds is 4. The molecule has 2 aliphatic rings. The highest BCUT2D eigenvalue weighted by atomic mass is 16.7. The van der Waals surface area contributed by atoms with Crippen molar-refractivity contribution < 1.29 is 24.1 Å². The second-order valence-corrected chi connectivity index (χ2v) is 15.6. The zero-order valence-electron chi connectivity index (χ0n) is 26.3. The summed E-state index contributed by atoms with van der Waals surface area (Å²) in [5.41, 5.74) is 1.49. The lowest BCUT2D eigenvalue weighted by Crippen LogP contribution is -2.67. The smallest absolute Gasteiger partial charge is 0.313 e. The summed E-state index contributed by atoms with van der Waals surface area (Å²) in [7, 11) is 2.17. The first-order valence-electron chi connectivity index (χ1n) is 14.1. The molecule has 38 heavy (non-hydrogen) atoms. The molecule has 3 rings (SSSR count). The summed E-state index contributed by atoms with van der Waals surface area (Å²) in [6.45, 7) is 26.5. The van der Waals surface area contributed by atoms with Crippen molar-refractivity contribution in [3.8, 4) is 5.75 Å². The van der Waals surface area contributed by atoms with Crippen LogP contribution in [0.4, 0.5) is 0 Å². The maximum atomic E-state index is 13.3. The number of hydrogen-bond donors (Lipinski definition) is 1. The number of benzene rings is 1. The molecule has 0 aliphatic carbocycles. The molecule has 0 aromatic heterocycles. The van der Waals surface area contributed by atoms with Gasteiger partial charge in [-0.05, 0) is 69.2 Å². The molecule has 2 heterocycles. The van der Waals surface area contributed by atoms with E-state index in [1.807, 2.05) is 19.1 Å². The molecule has 0 bridgehead atoms. The molecule has 1 N–H and O–H groups in total. The highest BCUT2D eigenvalue weighted by Crippen LogP contribution is 2.48. The Morgan fingerprint density at radius 2 is 1.37 bits per heavy atom. The Balaban J connectivity index is 1.72. The van der Waals surface area contributed by atoms with Crippen LogP contribution < -0.4 is 0 Å². The number of nitrogens with zero attached hydrogens (tertiary/aromatic N) is 1. The molecule has 1 aromatic rings. The zero-order valence-corrected chi connectivity index (χ0v) is 26.3. The Labute approximate surface area is 231 Å². The third kappa shape index (κ3) is 6.23. The van der Waals surface area contributed by atoms with Crippen molar-refractivity contribution in [2.45, 2.75) is 130 Å². The summed E-state index contributed by atoms with van der Waals surface area (Å²) in [6, 6.07) is 3.91. The lowest BCUT2D eigenvalue weighted by atomic mass is 9.75. The molecular formula is C32H53NO5. The van der Waals surface area contributed by atoms with E-state index in [0.717, 1.165) is 29.5 Å². The van der Waals surface area contributed by atoms with Crippen molar-refractivity contribution in [1.82, 2.24) is 4.90 Å². The fourth-order valence-corrected chi connectivity index (χ4v) is 5.98. The van der Waals surface area contributed by atoms with E-state index >= 15 is 0 Å². The van der Waals surface area contributed by atoms with Crippen molar-refractivity contribution in [2.75, 3.05) is 26.9 Å². The fourth-order valence-electron chi connectivity index (χ4n) is 5.98. The summed E-state index contributed by atoms with van der Waals surface area (Å²) in [4.78, 5) is 15.7. The van der Waals surface area contributed by atoms with Gasteiger partial charge in [0.15, 0.2) is 5.79 Å². The predicted octanol–water partition coefficient (Wildman–Crippen LogP) is 6.67. The minimum absolute atomic E-state index is 0.0562. The Morgan fingerprint density at radius 1 is 0.947 bits per heavy atom. The van der Waals surface area contributed by atoms with E-state index in [2.05, 4.69) is 88.1 Å². The maximum absolute atomic E-state index is 13.3. The van der Waals surface area contributed by atoms with Crippen LogP contribution in [0.25, 0.3) is 0 Å². The molecule has 6 heteroatoms. The number of phenols is 1. The van der Waals surface area contributed by atoms with Crippen molar-refractivity contribution in [3.05, 3.63) is 28.8 Å². The van der Waals surface area contributed by atoms with Crippen LogP contribution >= 0.6 is 0 Å². The van der Waals surface area contributed by atoms with Crippen molar-refractivity contribution >= 4 is 5.97 Å². The molecule has 1 atom stereocenters. The predicted molar refractivity (Wildman–Crippen MR) is 153 cm³/mol. The van der Waals surface area contributed by atoms with Gasteiger partial charge in [-0.1, -0.05) is 60.6 Å². The lowest BCUT2D eigenvalue weighted by Gasteiger charge is -2.59. The molecule has 0 radical (unpaired) electrons. The molecule has 1 spiro atoms. The number of esters is 1. The number of piperidine rings is 1. The van der Waals surface area contributed by atoms with E-state index in [1.165, 1.54) is 0 Å². The van der Waals surface area contributed by atoms with E-state index in [9.17, 15) is 9.90 Å². The largest absolute Gasteiger partial charge is 0.507 e. The second-order valence-electron chi connectivity index (χ2n) is 15.6. The van der Waals surface area contributed by atoms with Gasteiger partial charge >= 0.3 is 5.97 Å². The number of carbonyl (C=O) groups excluding carboxylic acids is 1. The van der Waals surface area contributed by atoms with Gasteiger partial charge in [0.05, 0.1) is 19.1 Å². The van der Waals surface area contributed by atoms with Crippen LogP contribution in [-0.4, -0.2) is 59.7 Å². The Morgan fingerprint density at radius 3 is 1.76 bits per heavy atom. The first kappa shape index (κ1) is 30.9. The van der Waals surface area contributed by atoms with Crippen molar-refractivity contribution in [3.63, 3.8) is 0 Å². The number of ether oxygens (including phenoxy) is 3. The molecular weight excluding hydrogens is 478 g/mol. The third-order valence-electron chi connectivity index (χ3n) is 8.75. The van der Waals surface area contributed by atoms with E-state index in [-0.39, 0.29) is 34.5 Å². The molecule has 2 saturated heterocycles. The van der Waals surface area contributed by atoms with Crippen molar-refractivity contribution in [2.24, 2.45) is 5.41 Å². The molecule has 6 nitrogen and oxygen atoms in total. The molecule has 2 aliphatic heterocycles. The average molecular weight is 532 g/mol. The topological polar surface area (TPSA) is 68.2 Å². The second kappa shape index (κ2) is 9.78. The van der Waals surface area contributed by atoms with Crippen LogP contribution in [0.3, 0.4) is 0 Å². The van der Waals surface area contributed by atoms with E-state index in [4.69, 9.17) is 14.2 Å². The van der Waals surface area contributed by atoms with Crippen molar-refractivity contribution in [1.29, 1.82) is 0 Å². The van der Waals surface area contributed by atoms with Crippen LogP contribution in [0.1, 0.15) is 119 Å². The number of phenolic OH excluding ortho intramolecular Hbond substituents is 1. The number of hydrogen-bond acceptors (Lipinski definition) is 6. The van der Waals surface area contributed by atoms with Crippen LogP contribution in [-0.2, 0) is 29.8 Å². The number of carbonyl (C=O) groups is 1. The maximum Gasteiger partial charge on any atom is 0.313 e. The first-order chi connectivity index (χ1) is 17.0. The molecule has 0 amide bonds. The van der Waals surface area contributed by atoms with Crippen LogP contribution in [0.5, 0.6) is 5.75 Å². The van der Waals surface area contributed by atoms with E-state index in [0.29, 0.717) is 19.0 Å². The SMILES string of the molecule is CC(C(=O)OCC1(C)COC2(CC(C)(C)N(C)C(C)(C)C2)OC1)c1cc(C(C)(C)C)c(O)c(C(C)(C)C)c1. The normalized spacial score (nSPS) is 23.7. The van der Waals surface area contributed by atoms with Gasteiger partial charge in [-0.25, -0.2) is 0 Å². The molecule has 2 fully saturated rings. The summed E-state index contributed by atoms with van der Waals surface area (Å²) in [5, 5.41) is 11.0. The molecule has 216 valence electrons. The molecule has 1 unspecified atom stereocenters. The highest BCUT2D eigenvalue weighted by Gasteiger charge is 2.55. The number of likely N-dealkylation sites (tertiary alicyclic amines) is 1. The summed E-state index contributed by atoms with van der Waals surface area (Å²) >= 11 is 0. The minimum atomic E-state index is -0.616. The Hall–Kier alpha value is -1.63. The Kier molecular flexibility index (Phi) is 7.95. The summed E-state index contributed by atoms with van der Waals surface area (Å²) in [6.07, 6.45) is 1.58. The van der Waals surface area contributed by atoms with Gasteiger partial charge in [-0.3, -0.25) is 9.69 Å².